The monoisotopic (exact) mass is 491 g/mol. The van der Waals surface area contributed by atoms with Gasteiger partial charge in [0.05, 0.1) is 10.7 Å². The molecule has 10 heteroatoms. The predicted octanol–water partition coefficient (Wildman–Crippen LogP) is 5.99. The summed E-state index contributed by atoms with van der Waals surface area (Å²) in [6.45, 7) is 0.378. The van der Waals surface area contributed by atoms with Crippen LogP contribution >= 0.6 is 11.6 Å². The van der Waals surface area contributed by atoms with Gasteiger partial charge in [0, 0.05) is 30.4 Å². The molecule has 1 aliphatic rings. The van der Waals surface area contributed by atoms with Crippen molar-refractivity contribution in [3.8, 4) is 17.0 Å². The van der Waals surface area contributed by atoms with Crippen molar-refractivity contribution in [1.82, 2.24) is 9.97 Å². The molecule has 0 spiro atoms. The largest absolute Gasteiger partial charge is 0.573 e. The van der Waals surface area contributed by atoms with Gasteiger partial charge in [0.15, 0.2) is 0 Å². The molecule has 0 amide bonds. The Morgan fingerprint density at radius 3 is 2.47 bits per heavy atom. The topological polar surface area (TPSA) is 85.1 Å². The normalized spacial score (nSPS) is 18.4. The van der Waals surface area contributed by atoms with Gasteiger partial charge in [0.2, 0.25) is 0 Å². The van der Waals surface area contributed by atoms with Gasteiger partial charge in [0.25, 0.3) is 0 Å². The lowest BCUT2D eigenvalue weighted by Gasteiger charge is -2.27. The van der Waals surface area contributed by atoms with E-state index in [0.717, 1.165) is 42.6 Å². The molecule has 4 N–H and O–H groups in total. The summed E-state index contributed by atoms with van der Waals surface area (Å²) >= 11 is 6.42. The molecule has 0 atom stereocenters. The second kappa shape index (κ2) is 10.5. The summed E-state index contributed by atoms with van der Waals surface area (Å²) in [6.07, 6.45) is 0.887. The van der Waals surface area contributed by atoms with E-state index < -0.39 is 6.36 Å². The Bertz CT molecular complexity index is 1100. The first kappa shape index (κ1) is 24.1. The van der Waals surface area contributed by atoms with Gasteiger partial charge in [-0.25, -0.2) is 9.97 Å². The fourth-order valence-corrected chi connectivity index (χ4v) is 4.07. The molecule has 4 rings (SSSR count). The number of nitrogens with zero attached hydrogens (tertiary/aromatic N) is 2. The molecule has 180 valence electrons. The molecular formula is C24H25ClF3N5O. The number of pyridine rings is 2. The maximum Gasteiger partial charge on any atom is 0.573 e. The third-order valence-corrected chi connectivity index (χ3v) is 5.94. The van der Waals surface area contributed by atoms with E-state index in [0.29, 0.717) is 29.1 Å². The number of hydrogen-bond acceptors (Lipinski definition) is 6. The fraction of sp³-hybridized carbons (Fsp3) is 0.333. The third kappa shape index (κ3) is 6.74. The first-order valence-electron chi connectivity index (χ1n) is 11.0. The average Bonchev–Trinajstić information content (AvgIpc) is 2.80. The van der Waals surface area contributed by atoms with Gasteiger partial charge in [-0.15, -0.1) is 13.2 Å². The van der Waals surface area contributed by atoms with Crippen LogP contribution in [-0.2, 0) is 6.54 Å². The molecule has 0 aliphatic heterocycles. The third-order valence-electron chi connectivity index (χ3n) is 5.63. The first-order chi connectivity index (χ1) is 16.2. The van der Waals surface area contributed by atoms with Crippen LogP contribution in [0.2, 0.25) is 5.02 Å². The molecule has 2 aromatic heterocycles. The molecule has 1 saturated carbocycles. The maximum atomic E-state index is 12.3. The molecule has 1 fully saturated rings. The Balaban J connectivity index is 1.42. The molecule has 2 heterocycles. The van der Waals surface area contributed by atoms with Crippen molar-refractivity contribution in [3.63, 3.8) is 0 Å². The van der Waals surface area contributed by atoms with Crippen molar-refractivity contribution in [3.05, 3.63) is 65.3 Å². The Kier molecular flexibility index (Phi) is 7.43. The quantitative estimate of drug-likeness (QED) is 0.376. The van der Waals surface area contributed by atoms with Crippen molar-refractivity contribution in [1.29, 1.82) is 0 Å². The zero-order valence-corrected chi connectivity index (χ0v) is 19.0. The van der Waals surface area contributed by atoms with Gasteiger partial charge in [-0.1, -0.05) is 29.8 Å². The van der Waals surface area contributed by atoms with Crippen LogP contribution in [-0.4, -0.2) is 28.4 Å². The van der Waals surface area contributed by atoms with E-state index in [2.05, 4.69) is 25.3 Å². The molecule has 0 saturated heterocycles. The zero-order valence-electron chi connectivity index (χ0n) is 18.3. The highest BCUT2D eigenvalue weighted by atomic mass is 35.5. The van der Waals surface area contributed by atoms with Crippen LogP contribution in [0.4, 0.5) is 24.8 Å². The SMILES string of the molecule is N[C@H]1CC[C@H](Nc2cc(-c3cccc(NCc4ccc(OC(F)(F)F)cc4)n3)c(Cl)cn2)CC1. The van der Waals surface area contributed by atoms with Gasteiger partial charge in [-0.05, 0) is 61.6 Å². The number of nitrogens with one attached hydrogen (secondary N) is 2. The Hall–Kier alpha value is -3.04. The van der Waals surface area contributed by atoms with Gasteiger partial charge >= 0.3 is 6.36 Å². The molecule has 6 nitrogen and oxygen atoms in total. The van der Waals surface area contributed by atoms with Crippen LogP contribution < -0.4 is 21.1 Å². The molecule has 34 heavy (non-hydrogen) atoms. The lowest BCUT2D eigenvalue weighted by Crippen LogP contribution is -2.33. The van der Waals surface area contributed by atoms with E-state index in [-0.39, 0.29) is 11.8 Å². The minimum Gasteiger partial charge on any atom is -0.406 e. The second-order valence-corrected chi connectivity index (χ2v) is 8.67. The predicted molar refractivity (Wildman–Crippen MR) is 127 cm³/mol. The molecule has 0 unspecified atom stereocenters. The maximum absolute atomic E-state index is 12.3. The number of ether oxygens (including phenoxy) is 1. The lowest BCUT2D eigenvalue weighted by molar-refractivity contribution is -0.274. The summed E-state index contributed by atoms with van der Waals surface area (Å²) in [4.78, 5) is 9.05. The number of anilines is 2. The molecular weight excluding hydrogens is 467 g/mol. The van der Waals surface area contributed by atoms with Crippen LogP contribution in [0.3, 0.4) is 0 Å². The van der Waals surface area contributed by atoms with Crippen LogP contribution in [0.25, 0.3) is 11.3 Å². The van der Waals surface area contributed by atoms with Crippen molar-refractivity contribution in [2.45, 2.75) is 50.7 Å². The fourth-order valence-electron chi connectivity index (χ4n) is 3.87. The number of aromatic nitrogens is 2. The Labute approximate surface area is 200 Å². The highest BCUT2D eigenvalue weighted by Crippen LogP contribution is 2.30. The summed E-state index contributed by atoms with van der Waals surface area (Å²) < 4.78 is 40.8. The van der Waals surface area contributed by atoms with Crippen molar-refractivity contribution in [2.24, 2.45) is 5.73 Å². The number of halogens is 4. The number of nitrogens with two attached hydrogens (primary N) is 1. The van der Waals surface area contributed by atoms with Crippen LogP contribution in [0.1, 0.15) is 31.2 Å². The van der Waals surface area contributed by atoms with Gasteiger partial charge in [-0.3, -0.25) is 0 Å². The van der Waals surface area contributed by atoms with E-state index >= 15 is 0 Å². The van der Waals surface area contributed by atoms with Gasteiger partial charge < -0.3 is 21.1 Å². The summed E-state index contributed by atoms with van der Waals surface area (Å²) in [5.41, 5.74) is 8.21. The molecule has 1 aromatic carbocycles. The van der Waals surface area contributed by atoms with Gasteiger partial charge in [-0.2, -0.15) is 0 Å². The zero-order chi connectivity index (χ0) is 24.1. The molecule has 0 bridgehead atoms. The smallest absolute Gasteiger partial charge is 0.406 e. The van der Waals surface area contributed by atoms with E-state index in [1.54, 1.807) is 18.3 Å². The number of benzene rings is 1. The van der Waals surface area contributed by atoms with E-state index in [9.17, 15) is 13.2 Å². The summed E-state index contributed by atoms with van der Waals surface area (Å²) in [5, 5.41) is 7.14. The van der Waals surface area contributed by atoms with Crippen molar-refractivity contribution in [2.75, 3.05) is 10.6 Å². The highest BCUT2D eigenvalue weighted by Gasteiger charge is 2.30. The lowest BCUT2D eigenvalue weighted by atomic mass is 9.92. The van der Waals surface area contributed by atoms with Gasteiger partial charge in [0.1, 0.15) is 17.4 Å². The Morgan fingerprint density at radius 2 is 1.76 bits per heavy atom. The van der Waals surface area contributed by atoms with Crippen LogP contribution in [0, 0.1) is 0 Å². The van der Waals surface area contributed by atoms with E-state index in [4.69, 9.17) is 17.3 Å². The van der Waals surface area contributed by atoms with Crippen LogP contribution in [0.5, 0.6) is 5.75 Å². The summed E-state index contributed by atoms with van der Waals surface area (Å²) in [7, 11) is 0. The van der Waals surface area contributed by atoms with Crippen LogP contribution in [0.15, 0.2) is 54.7 Å². The van der Waals surface area contributed by atoms with E-state index in [1.165, 1.54) is 12.1 Å². The number of alkyl halides is 3. The van der Waals surface area contributed by atoms with Crippen molar-refractivity contribution < 1.29 is 17.9 Å². The standard InChI is InChI=1S/C24H25ClF3N5O/c25-20-14-31-23(32-17-8-6-16(29)7-9-17)12-19(20)21-2-1-3-22(33-21)30-13-15-4-10-18(11-5-15)34-24(26,27)28/h1-5,10-12,14,16-17H,6-9,13,29H2,(H,30,33)(H,31,32)/t16-,17-. The first-order valence-corrected chi connectivity index (χ1v) is 11.4. The van der Waals surface area contributed by atoms with Crippen molar-refractivity contribution >= 4 is 23.2 Å². The highest BCUT2D eigenvalue weighted by molar-refractivity contribution is 6.33. The number of hydrogen-bond donors (Lipinski definition) is 3. The summed E-state index contributed by atoms with van der Waals surface area (Å²) in [6, 6.07) is 13.7. The average molecular weight is 492 g/mol. The van der Waals surface area contributed by atoms with E-state index in [1.807, 2.05) is 24.3 Å². The minimum atomic E-state index is -4.71. The number of rotatable bonds is 7. The second-order valence-electron chi connectivity index (χ2n) is 8.26. The molecule has 1 aliphatic carbocycles. The Morgan fingerprint density at radius 1 is 1.03 bits per heavy atom. The summed E-state index contributed by atoms with van der Waals surface area (Å²) in [5.74, 6) is 1.09. The molecule has 0 radical (unpaired) electrons. The molecule has 3 aromatic rings. The minimum absolute atomic E-state index is 0.260.